The minimum atomic E-state index is -0.0978. The molecule has 0 aromatic rings. The number of carbonyl (C=O) groups is 1. The Labute approximate surface area is 64.3 Å². The number of amides is 1. The van der Waals surface area contributed by atoms with E-state index in [4.69, 9.17) is 0 Å². The van der Waals surface area contributed by atoms with Crippen molar-refractivity contribution in [1.29, 1.82) is 0 Å². The van der Waals surface area contributed by atoms with E-state index in [0.717, 1.165) is 5.70 Å². The minimum absolute atomic E-state index is 0.0978. The number of rotatable bonds is 1. The Kier molecular flexibility index (Phi) is 2.01. The van der Waals surface area contributed by atoms with E-state index in [9.17, 15) is 4.79 Å². The van der Waals surface area contributed by atoms with Crippen molar-refractivity contribution in [1.82, 2.24) is 4.90 Å². The molecule has 3 N–H and O–H groups in total. The molecule has 0 fully saturated rings. The van der Waals surface area contributed by atoms with E-state index >= 15 is 0 Å². The highest BCUT2D eigenvalue weighted by molar-refractivity contribution is 8.02. The average Bonchev–Trinajstić information content (AvgIpc) is 2.14. The van der Waals surface area contributed by atoms with Crippen LogP contribution in [0.5, 0.6) is 0 Å². The maximum atomic E-state index is 10.8. The predicted octanol–water partition coefficient (Wildman–Crippen LogP) is -0.379. The number of likely N-dealkylation sites (N-methyl/N-ethyl adjacent to an activating group) is 1. The van der Waals surface area contributed by atoms with Crippen LogP contribution in [0.2, 0.25) is 0 Å². The fourth-order valence-corrected chi connectivity index (χ4v) is 1.72. The molecule has 0 aromatic carbocycles. The van der Waals surface area contributed by atoms with E-state index in [0.29, 0.717) is 5.37 Å². The molecule has 0 bridgehead atoms. The molecular weight excluding hydrogens is 148 g/mol. The number of carbonyl (C=O) groups excluding carboxylic acids is 1. The highest BCUT2D eigenvalue weighted by Crippen LogP contribution is 2.27. The second kappa shape index (κ2) is 2.64. The van der Waals surface area contributed by atoms with Crippen molar-refractivity contribution in [2.45, 2.75) is 12.3 Å². The monoisotopic (exact) mass is 159 g/mol. The van der Waals surface area contributed by atoms with E-state index in [-0.39, 0.29) is 5.91 Å². The van der Waals surface area contributed by atoms with Gasteiger partial charge in [0.25, 0.3) is 0 Å². The van der Waals surface area contributed by atoms with Crippen molar-refractivity contribution < 1.29 is 10.5 Å². The molecule has 1 atom stereocenters. The Morgan fingerprint density at radius 2 is 2.50 bits per heavy atom. The molecule has 1 heterocycles. The third-order valence-corrected chi connectivity index (χ3v) is 2.66. The molecular formula is C6H11N2OS+. The summed E-state index contributed by atoms with van der Waals surface area (Å²) in [6.07, 6.45) is 0. The SMILES string of the molecule is CC1SC=C(C([NH3+])=O)N1C. The van der Waals surface area contributed by atoms with Gasteiger partial charge in [-0.3, -0.25) is 5.73 Å². The summed E-state index contributed by atoms with van der Waals surface area (Å²) in [6, 6.07) is 0. The zero-order chi connectivity index (χ0) is 7.72. The van der Waals surface area contributed by atoms with E-state index in [1.54, 1.807) is 11.8 Å². The maximum Gasteiger partial charge on any atom is 0.357 e. The highest BCUT2D eigenvalue weighted by atomic mass is 32.2. The van der Waals surface area contributed by atoms with Gasteiger partial charge < -0.3 is 4.90 Å². The first-order valence-corrected chi connectivity index (χ1v) is 4.02. The van der Waals surface area contributed by atoms with Gasteiger partial charge in [0.15, 0.2) is 0 Å². The maximum absolute atomic E-state index is 10.8. The average molecular weight is 159 g/mol. The summed E-state index contributed by atoms with van der Waals surface area (Å²) in [6.45, 7) is 2.05. The van der Waals surface area contributed by atoms with Gasteiger partial charge in [-0.15, -0.1) is 11.8 Å². The Hall–Kier alpha value is -0.480. The number of hydrogen-bond acceptors (Lipinski definition) is 3. The normalized spacial score (nSPS) is 24.9. The lowest BCUT2D eigenvalue weighted by Crippen LogP contribution is -2.59. The van der Waals surface area contributed by atoms with Crippen molar-refractivity contribution >= 4 is 17.7 Å². The zero-order valence-electron chi connectivity index (χ0n) is 6.13. The van der Waals surface area contributed by atoms with Crippen LogP contribution >= 0.6 is 11.8 Å². The smallest absolute Gasteiger partial charge is 0.354 e. The first-order valence-electron chi connectivity index (χ1n) is 3.07. The molecule has 1 unspecified atom stereocenters. The van der Waals surface area contributed by atoms with Crippen LogP contribution in [0.3, 0.4) is 0 Å². The van der Waals surface area contributed by atoms with E-state index < -0.39 is 0 Å². The predicted molar refractivity (Wildman–Crippen MR) is 40.8 cm³/mol. The standard InChI is InChI=1S/C6H10N2OS/c1-4-8(2)5(3-10-4)6(7)9/h3-4H,1-2H3,(H2,7,9)/p+1. The quantitative estimate of drug-likeness (QED) is 0.567. The van der Waals surface area contributed by atoms with Crippen LogP contribution in [0.1, 0.15) is 6.92 Å². The van der Waals surface area contributed by atoms with Crippen LogP contribution in [0, 0.1) is 0 Å². The van der Waals surface area contributed by atoms with Crippen LogP contribution in [-0.2, 0) is 4.79 Å². The summed E-state index contributed by atoms with van der Waals surface area (Å²) >= 11 is 1.64. The van der Waals surface area contributed by atoms with Gasteiger partial charge in [-0.1, -0.05) is 0 Å². The van der Waals surface area contributed by atoms with Gasteiger partial charge in [0.1, 0.15) is 5.70 Å². The molecule has 56 valence electrons. The first-order chi connectivity index (χ1) is 4.63. The zero-order valence-corrected chi connectivity index (χ0v) is 6.94. The van der Waals surface area contributed by atoms with Gasteiger partial charge in [-0.2, -0.15) is 0 Å². The van der Waals surface area contributed by atoms with Gasteiger partial charge in [-0.05, 0) is 6.92 Å². The van der Waals surface area contributed by atoms with Crippen molar-refractivity contribution in [3.8, 4) is 0 Å². The first kappa shape index (κ1) is 7.63. The Morgan fingerprint density at radius 3 is 2.70 bits per heavy atom. The Morgan fingerprint density at radius 1 is 1.90 bits per heavy atom. The van der Waals surface area contributed by atoms with Crippen LogP contribution in [0.25, 0.3) is 0 Å². The molecule has 0 saturated carbocycles. The van der Waals surface area contributed by atoms with Crippen molar-refractivity contribution in [2.75, 3.05) is 7.05 Å². The number of nitrogens with zero attached hydrogens (tertiary/aromatic N) is 1. The van der Waals surface area contributed by atoms with Crippen LogP contribution < -0.4 is 5.73 Å². The van der Waals surface area contributed by atoms with Crippen LogP contribution in [0.4, 0.5) is 0 Å². The molecule has 0 saturated heterocycles. The summed E-state index contributed by atoms with van der Waals surface area (Å²) in [4.78, 5) is 12.7. The number of quaternary nitrogens is 1. The fraction of sp³-hybridized carbons (Fsp3) is 0.500. The van der Waals surface area contributed by atoms with E-state index in [2.05, 4.69) is 12.7 Å². The van der Waals surface area contributed by atoms with Crippen molar-refractivity contribution in [3.05, 3.63) is 11.1 Å². The Bertz CT molecular complexity index is 190. The molecule has 0 radical (unpaired) electrons. The van der Waals surface area contributed by atoms with Gasteiger partial charge in [0.05, 0.1) is 5.37 Å². The third kappa shape index (κ3) is 1.17. The number of thioether (sulfide) groups is 1. The van der Waals surface area contributed by atoms with Crippen molar-refractivity contribution in [2.24, 2.45) is 0 Å². The summed E-state index contributed by atoms with van der Waals surface area (Å²) in [5.41, 5.74) is 4.06. The summed E-state index contributed by atoms with van der Waals surface area (Å²) in [5, 5.41) is 2.24. The van der Waals surface area contributed by atoms with Crippen LogP contribution in [0.15, 0.2) is 11.1 Å². The second-order valence-corrected chi connectivity index (χ2v) is 3.46. The van der Waals surface area contributed by atoms with E-state index in [1.165, 1.54) is 0 Å². The highest BCUT2D eigenvalue weighted by Gasteiger charge is 2.24. The summed E-state index contributed by atoms with van der Waals surface area (Å²) in [5.74, 6) is -0.0978. The van der Waals surface area contributed by atoms with Gasteiger partial charge >= 0.3 is 5.91 Å². The lowest BCUT2D eigenvalue weighted by Gasteiger charge is -2.17. The van der Waals surface area contributed by atoms with Crippen molar-refractivity contribution in [3.63, 3.8) is 0 Å². The summed E-state index contributed by atoms with van der Waals surface area (Å²) < 4.78 is 0. The van der Waals surface area contributed by atoms with Gasteiger partial charge in [0, 0.05) is 12.5 Å². The molecule has 0 aliphatic carbocycles. The lowest BCUT2D eigenvalue weighted by molar-refractivity contribution is -0.301. The fourth-order valence-electron chi connectivity index (χ4n) is 0.796. The molecule has 0 spiro atoms. The molecule has 1 rings (SSSR count). The molecule has 10 heavy (non-hydrogen) atoms. The summed E-state index contributed by atoms with van der Waals surface area (Å²) in [7, 11) is 1.90. The molecule has 0 aromatic heterocycles. The Balaban J connectivity index is 2.72. The van der Waals surface area contributed by atoms with Crippen LogP contribution in [-0.4, -0.2) is 23.2 Å². The van der Waals surface area contributed by atoms with E-state index in [1.807, 2.05) is 17.4 Å². The molecule has 1 amide bonds. The van der Waals surface area contributed by atoms with Gasteiger partial charge in [0.2, 0.25) is 0 Å². The molecule has 1 aliphatic rings. The number of hydrogen-bond donors (Lipinski definition) is 1. The van der Waals surface area contributed by atoms with Gasteiger partial charge in [-0.25, -0.2) is 4.79 Å². The third-order valence-electron chi connectivity index (χ3n) is 1.59. The molecule has 1 aliphatic heterocycles. The largest absolute Gasteiger partial charge is 0.357 e. The molecule has 4 heteroatoms. The minimum Gasteiger partial charge on any atom is -0.354 e. The molecule has 3 nitrogen and oxygen atoms in total. The lowest BCUT2D eigenvalue weighted by atomic mass is 10.4. The topological polar surface area (TPSA) is 48.0 Å². The second-order valence-electron chi connectivity index (χ2n) is 2.27.